The number of hydrogen-bond donors (Lipinski definition) is 2. The highest BCUT2D eigenvalue weighted by atomic mass is 32.2. The normalized spacial score (nSPS) is 40.5. The molecule has 0 aromatic carbocycles. The summed E-state index contributed by atoms with van der Waals surface area (Å²) in [4.78, 5) is 13.5. The molecule has 3 unspecified atom stereocenters. The Bertz CT molecular complexity index is 259. The molecule has 15 heavy (non-hydrogen) atoms. The van der Waals surface area contributed by atoms with Gasteiger partial charge in [-0.1, -0.05) is 7.43 Å². The second-order valence-corrected chi connectivity index (χ2v) is 5.45. The van der Waals surface area contributed by atoms with Gasteiger partial charge in [-0.3, -0.25) is 9.69 Å². The van der Waals surface area contributed by atoms with Crippen LogP contribution < -0.4 is 11.5 Å². The van der Waals surface area contributed by atoms with E-state index in [4.69, 9.17) is 11.5 Å². The van der Waals surface area contributed by atoms with Gasteiger partial charge in [0.05, 0.1) is 5.37 Å². The van der Waals surface area contributed by atoms with E-state index in [2.05, 4.69) is 18.1 Å². The lowest BCUT2D eigenvalue weighted by atomic mass is 10.1. The number of carbonyl (C=O) groups excluding carboxylic acids is 1. The smallest absolute Gasteiger partial charge is 0.238 e. The zero-order valence-corrected chi connectivity index (χ0v) is 9.38. The van der Waals surface area contributed by atoms with Crippen LogP contribution in [-0.2, 0) is 4.79 Å². The van der Waals surface area contributed by atoms with Crippen molar-refractivity contribution in [3.8, 4) is 0 Å². The van der Waals surface area contributed by atoms with E-state index < -0.39 is 5.54 Å². The molecule has 0 radical (unpaired) electrons. The Hall–Kier alpha value is -0.260. The van der Waals surface area contributed by atoms with Crippen LogP contribution in [0.1, 0.15) is 14.4 Å². The summed E-state index contributed by atoms with van der Waals surface area (Å²) in [6.45, 7) is 4.02. The molecule has 1 aliphatic carbocycles. The first-order valence-electron chi connectivity index (χ1n) is 4.87. The minimum Gasteiger partial charge on any atom is -0.368 e. The molecule has 4 nitrogen and oxygen atoms in total. The predicted molar refractivity (Wildman–Crippen MR) is 64.4 cm³/mol. The number of nitrogens with two attached hydrogens (primary N) is 2. The number of piperidine rings is 1. The van der Waals surface area contributed by atoms with Gasteiger partial charge in [-0.25, -0.2) is 0 Å². The molecule has 0 spiro atoms. The fourth-order valence-corrected chi connectivity index (χ4v) is 2.98. The third kappa shape index (κ3) is 1.66. The Balaban J connectivity index is 0.00000112. The number of amides is 1. The Morgan fingerprint density at radius 1 is 1.53 bits per heavy atom. The maximum Gasteiger partial charge on any atom is 0.238 e. The van der Waals surface area contributed by atoms with Crippen LogP contribution >= 0.6 is 11.8 Å². The SMILES string of the molecule is C.CSC(C)N1CC2C(C1)C2(N)C(N)=O. The third-order valence-corrected chi connectivity index (χ3v) is 4.73. The van der Waals surface area contributed by atoms with Gasteiger partial charge in [0.2, 0.25) is 5.91 Å². The number of carbonyl (C=O) groups is 1. The molecule has 0 aromatic rings. The minimum absolute atomic E-state index is 0. The van der Waals surface area contributed by atoms with Gasteiger partial charge in [-0.2, -0.15) is 0 Å². The van der Waals surface area contributed by atoms with Crippen molar-refractivity contribution in [2.75, 3.05) is 19.3 Å². The molecule has 0 bridgehead atoms. The zero-order chi connectivity index (χ0) is 10.5. The molecule has 1 saturated carbocycles. The van der Waals surface area contributed by atoms with Crippen molar-refractivity contribution in [3.63, 3.8) is 0 Å². The van der Waals surface area contributed by atoms with E-state index in [1.807, 2.05) is 11.8 Å². The van der Waals surface area contributed by atoms with Crippen molar-refractivity contribution in [1.82, 2.24) is 4.90 Å². The first kappa shape index (κ1) is 12.8. The van der Waals surface area contributed by atoms with Crippen LogP contribution in [0.3, 0.4) is 0 Å². The third-order valence-electron chi connectivity index (χ3n) is 3.75. The van der Waals surface area contributed by atoms with Crippen molar-refractivity contribution >= 4 is 17.7 Å². The summed E-state index contributed by atoms with van der Waals surface area (Å²) in [6, 6.07) is 0. The van der Waals surface area contributed by atoms with Crippen molar-refractivity contribution < 1.29 is 4.79 Å². The fraction of sp³-hybridized carbons (Fsp3) is 0.900. The van der Waals surface area contributed by atoms with Gasteiger partial charge in [0, 0.05) is 24.9 Å². The van der Waals surface area contributed by atoms with Crippen LogP contribution in [0.25, 0.3) is 0 Å². The van der Waals surface area contributed by atoms with E-state index >= 15 is 0 Å². The number of fused-ring (bicyclic) bond motifs is 1. The lowest BCUT2D eigenvalue weighted by Gasteiger charge is -2.26. The van der Waals surface area contributed by atoms with Crippen molar-refractivity contribution in [2.24, 2.45) is 23.3 Å². The van der Waals surface area contributed by atoms with Crippen LogP contribution in [0.5, 0.6) is 0 Å². The maximum absolute atomic E-state index is 11.1. The van der Waals surface area contributed by atoms with E-state index in [9.17, 15) is 4.79 Å². The van der Waals surface area contributed by atoms with Crippen LogP contribution in [0.2, 0.25) is 0 Å². The van der Waals surface area contributed by atoms with Gasteiger partial charge in [0.15, 0.2) is 0 Å². The van der Waals surface area contributed by atoms with Crippen molar-refractivity contribution in [1.29, 1.82) is 0 Å². The highest BCUT2D eigenvalue weighted by molar-refractivity contribution is 7.99. The summed E-state index contributed by atoms with van der Waals surface area (Å²) in [5.74, 6) is 0.271. The Morgan fingerprint density at radius 3 is 2.33 bits per heavy atom. The number of primary amides is 1. The minimum atomic E-state index is -0.686. The Kier molecular flexibility index (Phi) is 3.38. The first-order chi connectivity index (χ1) is 6.51. The van der Waals surface area contributed by atoms with Crippen molar-refractivity contribution in [3.05, 3.63) is 0 Å². The molecule has 2 rings (SSSR count). The highest BCUT2D eigenvalue weighted by Crippen LogP contribution is 2.54. The largest absolute Gasteiger partial charge is 0.368 e. The Morgan fingerprint density at radius 2 is 2.00 bits per heavy atom. The predicted octanol–water partition coefficient (Wildman–Crippen LogP) is 0.0759. The molecule has 88 valence electrons. The average Bonchev–Trinajstić information content (AvgIpc) is 2.59. The van der Waals surface area contributed by atoms with E-state index in [0.29, 0.717) is 17.2 Å². The van der Waals surface area contributed by atoms with Crippen LogP contribution in [-0.4, -0.2) is 41.1 Å². The number of hydrogen-bond acceptors (Lipinski definition) is 4. The average molecular weight is 231 g/mol. The summed E-state index contributed by atoms with van der Waals surface area (Å²) in [6.07, 6.45) is 2.10. The molecule has 5 heteroatoms. The van der Waals surface area contributed by atoms with Gasteiger partial charge in [-0.05, 0) is 13.2 Å². The first-order valence-corrected chi connectivity index (χ1v) is 6.16. The molecule has 1 aliphatic heterocycles. The second kappa shape index (κ2) is 3.96. The van der Waals surface area contributed by atoms with Gasteiger partial charge >= 0.3 is 0 Å². The molecule has 3 atom stereocenters. The van der Waals surface area contributed by atoms with Gasteiger partial charge in [-0.15, -0.1) is 11.8 Å². The van der Waals surface area contributed by atoms with E-state index in [1.165, 1.54) is 0 Å². The van der Waals surface area contributed by atoms with E-state index in [-0.39, 0.29) is 13.3 Å². The topological polar surface area (TPSA) is 72.3 Å². The second-order valence-electron chi connectivity index (χ2n) is 4.30. The number of rotatable bonds is 3. The van der Waals surface area contributed by atoms with E-state index in [0.717, 1.165) is 13.1 Å². The molecular weight excluding hydrogens is 210 g/mol. The van der Waals surface area contributed by atoms with Gasteiger partial charge < -0.3 is 11.5 Å². The van der Waals surface area contributed by atoms with E-state index in [1.54, 1.807) is 0 Å². The molecule has 0 aromatic heterocycles. The summed E-state index contributed by atoms with van der Waals surface area (Å²) in [5, 5.41) is 0.514. The number of thioether (sulfide) groups is 1. The lowest BCUT2D eigenvalue weighted by molar-refractivity contribution is -0.121. The maximum atomic E-state index is 11.1. The van der Waals surface area contributed by atoms with Crippen molar-refractivity contribution in [2.45, 2.75) is 25.3 Å². The molecule has 2 aliphatic rings. The van der Waals surface area contributed by atoms with Gasteiger partial charge in [0.1, 0.15) is 5.54 Å². The molecule has 1 saturated heterocycles. The van der Waals surface area contributed by atoms with Crippen LogP contribution in [0.4, 0.5) is 0 Å². The quantitative estimate of drug-likeness (QED) is 0.721. The Labute approximate surface area is 95.7 Å². The lowest BCUT2D eigenvalue weighted by Crippen LogP contribution is -2.48. The molecule has 4 N–H and O–H groups in total. The zero-order valence-electron chi connectivity index (χ0n) is 8.56. The summed E-state index contributed by atoms with van der Waals surface area (Å²) in [5.41, 5.74) is 10.5. The number of likely N-dealkylation sites (tertiary alicyclic amines) is 1. The molecule has 1 amide bonds. The molecule has 1 heterocycles. The summed E-state index contributed by atoms with van der Waals surface area (Å²) >= 11 is 1.82. The molecular formula is C10H21N3OS. The standard InChI is InChI=1S/C9H17N3OS.CH4/c1-5(14-2)12-3-6-7(4-12)9(6,11)8(10)13;/h5-7H,3-4,11H2,1-2H3,(H2,10,13);1H4. The monoisotopic (exact) mass is 231 g/mol. The summed E-state index contributed by atoms with van der Waals surface area (Å²) in [7, 11) is 0. The van der Waals surface area contributed by atoms with Gasteiger partial charge in [0.25, 0.3) is 0 Å². The fourth-order valence-electron chi connectivity index (χ4n) is 2.51. The molecule has 2 fully saturated rings. The number of nitrogens with zero attached hydrogens (tertiary/aromatic N) is 1. The van der Waals surface area contributed by atoms with Crippen LogP contribution in [0, 0.1) is 11.8 Å². The summed E-state index contributed by atoms with van der Waals surface area (Å²) < 4.78 is 0. The highest BCUT2D eigenvalue weighted by Gasteiger charge is 2.69. The van der Waals surface area contributed by atoms with Crippen LogP contribution in [0.15, 0.2) is 0 Å².